The van der Waals surface area contributed by atoms with Crippen molar-refractivity contribution in [3.63, 3.8) is 0 Å². The van der Waals surface area contributed by atoms with Crippen LogP contribution in [0, 0.1) is 5.92 Å². The normalized spacial score (nSPS) is 21.5. The molecule has 0 fully saturated rings. The number of benzene rings is 3. The zero-order valence-electron chi connectivity index (χ0n) is 19.5. The fourth-order valence-corrected chi connectivity index (χ4v) is 6.30. The Morgan fingerprint density at radius 1 is 1.00 bits per heavy atom. The molecule has 5 rings (SSSR count). The molecule has 1 aliphatic carbocycles. The quantitative estimate of drug-likeness (QED) is 0.376. The summed E-state index contributed by atoms with van der Waals surface area (Å²) < 4.78 is 28.8. The van der Waals surface area contributed by atoms with Gasteiger partial charge >= 0.3 is 0 Å². The third-order valence-electron chi connectivity index (χ3n) is 6.86. The van der Waals surface area contributed by atoms with Gasteiger partial charge in [0.1, 0.15) is 0 Å². The number of halogens is 1. The van der Waals surface area contributed by atoms with E-state index in [1.807, 2.05) is 12.1 Å². The van der Waals surface area contributed by atoms with E-state index in [0.717, 1.165) is 17.7 Å². The van der Waals surface area contributed by atoms with Crippen molar-refractivity contribution in [3.05, 3.63) is 101 Å². The van der Waals surface area contributed by atoms with Gasteiger partial charge in [0.2, 0.25) is 0 Å². The molecule has 3 atom stereocenters. The van der Waals surface area contributed by atoms with Crippen LogP contribution >= 0.6 is 11.6 Å². The molecular formula is C28H29ClN2O2S. The molecule has 4 nitrogen and oxygen atoms in total. The summed E-state index contributed by atoms with van der Waals surface area (Å²) in [7, 11) is -3.74. The van der Waals surface area contributed by atoms with Gasteiger partial charge in [-0.3, -0.25) is 4.72 Å². The van der Waals surface area contributed by atoms with E-state index < -0.39 is 10.0 Å². The van der Waals surface area contributed by atoms with Crippen molar-refractivity contribution in [2.45, 2.75) is 49.5 Å². The fraction of sp³-hybridized carbons (Fsp3) is 0.286. The Balaban J connectivity index is 1.46. The van der Waals surface area contributed by atoms with Crippen LogP contribution in [-0.2, 0) is 15.4 Å². The van der Waals surface area contributed by atoms with Gasteiger partial charge in [-0.2, -0.15) is 0 Å². The molecular weight excluding hydrogens is 464 g/mol. The summed E-state index contributed by atoms with van der Waals surface area (Å²) in [6.07, 6.45) is 5.40. The Bertz CT molecular complexity index is 1360. The molecule has 1 aliphatic heterocycles. The van der Waals surface area contributed by atoms with Crippen molar-refractivity contribution in [1.82, 2.24) is 0 Å². The minimum atomic E-state index is -3.74. The number of hydrogen-bond donors (Lipinski definition) is 2. The maximum Gasteiger partial charge on any atom is 0.261 e. The monoisotopic (exact) mass is 492 g/mol. The van der Waals surface area contributed by atoms with Gasteiger partial charge in [-0.1, -0.05) is 74.9 Å². The van der Waals surface area contributed by atoms with Gasteiger partial charge in [0.15, 0.2) is 0 Å². The van der Waals surface area contributed by atoms with E-state index in [2.05, 4.69) is 67.2 Å². The summed E-state index contributed by atoms with van der Waals surface area (Å²) in [5, 5.41) is 4.19. The Kier molecular flexibility index (Phi) is 5.73. The topological polar surface area (TPSA) is 58.2 Å². The molecule has 2 N–H and O–H groups in total. The molecule has 6 heteroatoms. The summed E-state index contributed by atoms with van der Waals surface area (Å²) in [6.45, 7) is 6.67. The van der Waals surface area contributed by atoms with Gasteiger partial charge < -0.3 is 5.32 Å². The van der Waals surface area contributed by atoms with Crippen molar-refractivity contribution in [2.24, 2.45) is 5.92 Å². The zero-order chi connectivity index (χ0) is 24.1. The first kappa shape index (κ1) is 23.0. The van der Waals surface area contributed by atoms with Gasteiger partial charge in [0.05, 0.1) is 16.6 Å². The summed E-state index contributed by atoms with van der Waals surface area (Å²) in [4.78, 5) is 0.250. The molecule has 0 bridgehead atoms. The molecule has 0 saturated carbocycles. The lowest BCUT2D eigenvalue weighted by Crippen LogP contribution is -2.29. The third-order valence-corrected chi connectivity index (χ3v) is 8.47. The molecule has 0 spiro atoms. The molecule has 0 amide bonds. The highest BCUT2D eigenvalue weighted by Crippen LogP contribution is 2.50. The number of hydrogen-bond acceptors (Lipinski definition) is 3. The SMILES string of the molecule is CC(C)(C)c1ccc([C@H]2Nc3ccc(S(=O)(=O)Nc4cccc(Cl)c4)cc3[C@H]3C=CC[C@H]32)cc1. The second-order valence-electron chi connectivity index (χ2n) is 10.2. The van der Waals surface area contributed by atoms with Crippen LogP contribution in [0.2, 0.25) is 5.02 Å². The van der Waals surface area contributed by atoms with Gasteiger partial charge in [0.25, 0.3) is 10.0 Å². The molecule has 0 radical (unpaired) electrons. The summed E-state index contributed by atoms with van der Waals surface area (Å²) >= 11 is 6.02. The third kappa shape index (κ3) is 4.35. The largest absolute Gasteiger partial charge is 0.378 e. The van der Waals surface area contributed by atoms with Gasteiger partial charge in [-0.25, -0.2) is 8.42 Å². The fourth-order valence-electron chi connectivity index (χ4n) is 5.03. The van der Waals surface area contributed by atoms with E-state index in [0.29, 0.717) is 16.6 Å². The lowest BCUT2D eigenvalue weighted by molar-refractivity contribution is 0.425. The van der Waals surface area contributed by atoms with Crippen molar-refractivity contribution < 1.29 is 8.42 Å². The van der Waals surface area contributed by atoms with Crippen molar-refractivity contribution in [2.75, 3.05) is 10.0 Å². The smallest absolute Gasteiger partial charge is 0.261 e. The first-order valence-corrected chi connectivity index (χ1v) is 13.4. The molecule has 0 saturated heterocycles. The van der Waals surface area contributed by atoms with Gasteiger partial charge in [-0.05, 0) is 70.8 Å². The average molecular weight is 493 g/mol. The first-order chi connectivity index (χ1) is 16.1. The minimum absolute atomic E-state index is 0.115. The number of rotatable bonds is 4. The number of sulfonamides is 1. The molecule has 0 unspecified atom stereocenters. The minimum Gasteiger partial charge on any atom is -0.378 e. The van der Waals surface area contributed by atoms with Gasteiger partial charge in [0, 0.05) is 16.6 Å². The van der Waals surface area contributed by atoms with Crippen molar-refractivity contribution in [1.29, 1.82) is 0 Å². The summed E-state index contributed by atoms with van der Waals surface area (Å²) in [5.41, 5.74) is 5.14. The maximum atomic E-state index is 13.1. The predicted molar refractivity (Wildman–Crippen MR) is 140 cm³/mol. The molecule has 2 aliphatic rings. The molecule has 1 heterocycles. The number of anilines is 2. The van der Waals surface area contributed by atoms with Crippen LogP contribution in [0.5, 0.6) is 0 Å². The highest BCUT2D eigenvalue weighted by atomic mass is 35.5. The van der Waals surface area contributed by atoms with Crippen molar-refractivity contribution >= 4 is 33.0 Å². The lowest BCUT2D eigenvalue weighted by Gasteiger charge is -2.38. The van der Waals surface area contributed by atoms with E-state index in [4.69, 9.17) is 11.6 Å². The van der Waals surface area contributed by atoms with E-state index in [9.17, 15) is 8.42 Å². The van der Waals surface area contributed by atoms with E-state index in [1.165, 1.54) is 11.1 Å². The maximum absolute atomic E-state index is 13.1. The van der Waals surface area contributed by atoms with E-state index >= 15 is 0 Å². The summed E-state index contributed by atoms with van der Waals surface area (Å²) in [5.74, 6) is 0.511. The van der Waals surface area contributed by atoms with Crippen LogP contribution in [-0.4, -0.2) is 8.42 Å². The van der Waals surface area contributed by atoms with Crippen LogP contribution in [0.1, 0.15) is 55.8 Å². The Morgan fingerprint density at radius 2 is 1.76 bits per heavy atom. The lowest BCUT2D eigenvalue weighted by atomic mass is 9.76. The molecule has 34 heavy (non-hydrogen) atoms. The number of allylic oxidation sites excluding steroid dienone is 2. The average Bonchev–Trinajstić information content (AvgIpc) is 3.28. The second kappa shape index (κ2) is 8.47. The molecule has 3 aromatic rings. The Morgan fingerprint density at radius 3 is 2.47 bits per heavy atom. The van der Waals surface area contributed by atoms with Crippen molar-refractivity contribution in [3.8, 4) is 0 Å². The van der Waals surface area contributed by atoms with Crippen LogP contribution in [0.4, 0.5) is 11.4 Å². The number of fused-ring (bicyclic) bond motifs is 3. The predicted octanol–water partition coefficient (Wildman–Crippen LogP) is 7.26. The summed E-state index contributed by atoms with van der Waals surface area (Å²) in [6, 6.07) is 21.2. The second-order valence-corrected chi connectivity index (χ2v) is 12.3. The molecule has 176 valence electrons. The molecule has 0 aromatic heterocycles. The van der Waals surface area contributed by atoms with E-state index in [1.54, 1.807) is 30.3 Å². The highest BCUT2D eigenvalue weighted by Gasteiger charge is 2.38. The highest BCUT2D eigenvalue weighted by molar-refractivity contribution is 7.92. The standard InChI is InChI=1S/C28H29ClN2O2S/c1-28(2,3)19-12-10-18(11-13-19)27-24-9-5-8-23(24)25-17-22(14-15-26(25)30-27)34(32,33)31-21-7-4-6-20(29)16-21/h4-8,10-17,23-24,27,30-31H,9H2,1-3H3/t23-,24+,27+/m0/s1. The van der Waals surface area contributed by atoms with Crippen LogP contribution < -0.4 is 10.0 Å². The number of nitrogens with one attached hydrogen (secondary N) is 2. The molecule has 3 aromatic carbocycles. The van der Waals surface area contributed by atoms with E-state index in [-0.39, 0.29) is 22.3 Å². The Labute approximate surface area is 207 Å². The zero-order valence-corrected chi connectivity index (χ0v) is 21.1. The van der Waals surface area contributed by atoms with Crippen LogP contribution in [0.15, 0.2) is 83.8 Å². The Hall–Kier alpha value is -2.76. The van der Waals surface area contributed by atoms with Gasteiger partial charge in [-0.15, -0.1) is 0 Å². The van der Waals surface area contributed by atoms with Crippen LogP contribution in [0.25, 0.3) is 0 Å². The van der Waals surface area contributed by atoms with Crippen LogP contribution in [0.3, 0.4) is 0 Å². The first-order valence-electron chi connectivity index (χ1n) is 11.6.